The zero-order chi connectivity index (χ0) is 22.2. The van der Waals surface area contributed by atoms with Crippen LogP contribution in [0.3, 0.4) is 0 Å². The number of benzene rings is 1. The number of carbonyl (C=O) groups is 3. The van der Waals surface area contributed by atoms with Crippen LogP contribution < -0.4 is 14.8 Å². The summed E-state index contributed by atoms with van der Waals surface area (Å²) in [5.74, 6) is -0.125. The first kappa shape index (κ1) is 25.0. The van der Waals surface area contributed by atoms with E-state index in [4.69, 9.17) is 18.9 Å². The number of carbonyl (C=O) groups excluding carboxylic acids is 3. The lowest BCUT2D eigenvalue weighted by molar-refractivity contribution is -0.143. The zero-order valence-corrected chi connectivity index (χ0v) is 17.9. The Bertz CT molecular complexity index is 715. The van der Waals surface area contributed by atoms with Crippen LogP contribution in [0.15, 0.2) is 24.3 Å². The largest absolute Gasteiger partial charge is 0.490 e. The molecule has 1 aromatic carbocycles. The molecule has 0 aliphatic carbocycles. The van der Waals surface area contributed by atoms with E-state index in [0.717, 1.165) is 12.0 Å². The molecular weight excluding hydrogens is 390 g/mol. The van der Waals surface area contributed by atoms with Crippen LogP contribution in [0.2, 0.25) is 0 Å². The molecule has 8 nitrogen and oxygen atoms in total. The van der Waals surface area contributed by atoms with E-state index >= 15 is 0 Å². The van der Waals surface area contributed by atoms with E-state index in [0.29, 0.717) is 44.3 Å². The van der Waals surface area contributed by atoms with Gasteiger partial charge in [-0.1, -0.05) is 13.0 Å². The first-order chi connectivity index (χ1) is 14.5. The highest BCUT2D eigenvalue weighted by Gasteiger charge is 2.08. The van der Waals surface area contributed by atoms with Crippen LogP contribution in [0, 0.1) is 0 Å². The Hall–Kier alpha value is -3.03. The maximum absolute atomic E-state index is 11.8. The molecule has 0 aliphatic heterocycles. The quantitative estimate of drug-likeness (QED) is 0.280. The molecule has 8 heteroatoms. The molecule has 0 atom stereocenters. The van der Waals surface area contributed by atoms with E-state index in [1.54, 1.807) is 31.2 Å². The van der Waals surface area contributed by atoms with Gasteiger partial charge in [-0.2, -0.15) is 0 Å². The fraction of sp³-hybridized carbons (Fsp3) is 0.500. The van der Waals surface area contributed by atoms with Gasteiger partial charge in [0.25, 0.3) is 5.91 Å². The summed E-state index contributed by atoms with van der Waals surface area (Å²) in [6, 6.07) is 5.36. The van der Waals surface area contributed by atoms with E-state index in [1.165, 1.54) is 6.08 Å². The van der Waals surface area contributed by atoms with Crippen molar-refractivity contribution in [3.63, 3.8) is 0 Å². The third kappa shape index (κ3) is 10.5. The average Bonchev–Trinajstić information content (AvgIpc) is 2.73. The topological polar surface area (TPSA) is 100 Å². The molecule has 0 radical (unpaired) electrons. The van der Waals surface area contributed by atoms with Crippen molar-refractivity contribution in [2.45, 2.75) is 40.0 Å². The molecule has 0 aliphatic rings. The number of rotatable bonds is 14. The second-order valence-electron chi connectivity index (χ2n) is 6.19. The molecule has 1 aromatic rings. The van der Waals surface area contributed by atoms with Gasteiger partial charge in [0.05, 0.1) is 19.8 Å². The van der Waals surface area contributed by atoms with Crippen molar-refractivity contribution in [1.82, 2.24) is 5.32 Å². The van der Waals surface area contributed by atoms with Crippen molar-refractivity contribution in [1.29, 1.82) is 0 Å². The summed E-state index contributed by atoms with van der Waals surface area (Å²) in [6.45, 7) is 6.96. The Balaban J connectivity index is 2.42. The summed E-state index contributed by atoms with van der Waals surface area (Å²) in [5.41, 5.74) is 0.739. The second kappa shape index (κ2) is 14.9. The smallest absolute Gasteiger partial charge is 0.331 e. The number of nitrogens with one attached hydrogen (secondary N) is 1. The van der Waals surface area contributed by atoms with Crippen molar-refractivity contribution in [2.75, 3.05) is 33.0 Å². The molecule has 30 heavy (non-hydrogen) atoms. The van der Waals surface area contributed by atoms with Gasteiger partial charge in [0.1, 0.15) is 0 Å². The maximum Gasteiger partial charge on any atom is 0.331 e. The van der Waals surface area contributed by atoms with Gasteiger partial charge in [-0.25, -0.2) is 4.79 Å². The fourth-order valence-corrected chi connectivity index (χ4v) is 2.32. The van der Waals surface area contributed by atoms with Crippen LogP contribution in [0.1, 0.15) is 45.6 Å². The number of ether oxygens (including phenoxy) is 4. The summed E-state index contributed by atoms with van der Waals surface area (Å²) in [4.78, 5) is 34.7. The number of hydrogen-bond acceptors (Lipinski definition) is 7. The molecular formula is C22H31NO7. The van der Waals surface area contributed by atoms with Crippen LogP contribution in [-0.2, 0) is 23.9 Å². The average molecular weight is 421 g/mol. The van der Waals surface area contributed by atoms with E-state index < -0.39 is 18.5 Å². The third-order valence-corrected chi connectivity index (χ3v) is 3.67. The summed E-state index contributed by atoms with van der Waals surface area (Å²) >= 11 is 0. The van der Waals surface area contributed by atoms with Crippen LogP contribution in [0.5, 0.6) is 11.5 Å². The molecule has 0 spiro atoms. The Morgan fingerprint density at radius 3 is 2.50 bits per heavy atom. The third-order valence-electron chi connectivity index (χ3n) is 3.67. The summed E-state index contributed by atoms with van der Waals surface area (Å²) in [5, 5.41) is 2.58. The zero-order valence-electron chi connectivity index (χ0n) is 17.9. The molecule has 0 aromatic heterocycles. The van der Waals surface area contributed by atoms with Gasteiger partial charge < -0.3 is 24.3 Å². The lowest BCUT2D eigenvalue weighted by atomic mass is 10.2. The van der Waals surface area contributed by atoms with Crippen molar-refractivity contribution in [3.8, 4) is 11.5 Å². The number of esters is 2. The minimum absolute atomic E-state index is 0.225. The highest BCUT2D eigenvalue weighted by Crippen LogP contribution is 2.29. The Labute approximate surface area is 177 Å². The first-order valence-corrected chi connectivity index (χ1v) is 10.2. The van der Waals surface area contributed by atoms with Gasteiger partial charge in [-0.05, 0) is 50.5 Å². The van der Waals surface area contributed by atoms with Gasteiger partial charge in [0.2, 0.25) is 0 Å². The van der Waals surface area contributed by atoms with Crippen LogP contribution in [0.4, 0.5) is 0 Å². The van der Waals surface area contributed by atoms with E-state index in [9.17, 15) is 14.4 Å². The number of amides is 1. The molecule has 0 fully saturated rings. The van der Waals surface area contributed by atoms with E-state index in [1.807, 2.05) is 13.8 Å². The van der Waals surface area contributed by atoms with Crippen LogP contribution >= 0.6 is 0 Å². The maximum atomic E-state index is 11.8. The van der Waals surface area contributed by atoms with Crippen LogP contribution in [-0.4, -0.2) is 50.8 Å². The van der Waals surface area contributed by atoms with Crippen molar-refractivity contribution in [2.24, 2.45) is 0 Å². The van der Waals surface area contributed by atoms with Gasteiger partial charge in [0.15, 0.2) is 18.1 Å². The molecule has 0 saturated heterocycles. The molecule has 166 valence electrons. The Morgan fingerprint density at radius 1 is 1.00 bits per heavy atom. The summed E-state index contributed by atoms with van der Waals surface area (Å²) in [6.07, 6.45) is 4.39. The highest BCUT2D eigenvalue weighted by atomic mass is 16.5. The minimum Gasteiger partial charge on any atom is -0.490 e. The SMILES string of the molecule is CCCOc1ccc(/C=C/C(=O)OCC(=O)NCCCC(=O)OCC)cc1OCC. The Kier molecular flexibility index (Phi) is 12.4. The normalized spacial score (nSPS) is 10.5. The van der Waals surface area contributed by atoms with Gasteiger partial charge in [0, 0.05) is 19.0 Å². The van der Waals surface area contributed by atoms with Gasteiger partial charge in [-0.3, -0.25) is 9.59 Å². The molecule has 0 unspecified atom stereocenters. The molecule has 1 N–H and O–H groups in total. The summed E-state index contributed by atoms with van der Waals surface area (Å²) < 4.78 is 20.9. The Morgan fingerprint density at radius 2 is 1.80 bits per heavy atom. The molecule has 1 amide bonds. The van der Waals surface area contributed by atoms with Gasteiger partial charge in [-0.15, -0.1) is 0 Å². The fourth-order valence-electron chi connectivity index (χ4n) is 2.32. The molecule has 0 bridgehead atoms. The van der Waals surface area contributed by atoms with Crippen LogP contribution in [0.25, 0.3) is 6.08 Å². The standard InChI is InChI=1S/C22H31NO7/c1-4-14-29-18-11-9-17(15-19(18)27-5-2)10-12-22(26)30-16-20(24)23-13-7-8-21(25)28-6-3/h9-12,15H,4-8,13-14,16H2,1-3H3,(H,23,24)/b12-10+. The number of hydrogen-bond donors (Lipinski definition) is 1. The van der Waals surface area contributed by atoms with Gasteiger partial charge >= 0.3 is 11.9 Å². The monoisotopic (exact) mass is 421 g/mol. The predicted octanol–water partition coefficient (Wildman–Crippen LogP) is 2.89. The van der Waals surface area contributed by atoms with Crippen molar-refractivity contribution in [3.05, 3.63) is 29.8 Å². The minimum atomic E-state index is -0.638. The van der Waals surface area contributed by atoms with Crippen molar-refractivity contribution >= 4 is 23.9 Å². The highest BCUT2D eigenvalue weighted by molar-refractivity contribution is 5.89. The molecule has 0 heterocycles. The second-order valence-corrected chi connectivity index (χ2v) is 6.19. The lowest BCUT2D eigenvalue weighted by Crippen LogP contribution is -2.29. The van der Waals surface area contributed by atoms with Crippen molar-refractivity contribution < 1.29 is 33.3 Å². The molecule has 0 saturated carbocycles. The van der Waals surface area contributed by atoms with E-state index in [2.05, 4.69) is 5.32 Å². The van der Waals surface area contributed by atoms with E-state index in [-0.39, 0.29) is 12.4 Å². The lowest BCUT2D eigenvalue weighted by Gasteiger charge is -2.12. The predicted molar refractivity (Wildman–Crippen MR) is 112 cm³/mol. The molecule has 1 rings (SSSR count). The first-order valence-electron chi connectivity index (χ1n) is 10.2. The summed E-state index contributed by atoms with van der Waals surface area (Å²) in [7, 11) is 0.